The highest BCUT2D eigenvalue weighted by Crippen LogP contribution is 2.37. The van der Waals surface area contributed by atoms with Gasteiger partial charge in [-0.3, -0.25) is 5.32 Å². The van der Waals surface area contributed by atoms with E-state index >= 15 is 0 Å². The molecule has 0 saturated heterocycles. The molecular formula is C18H16Cl2F2N4O2S. The monoisotopic (exact) mass is 460 g/mol. The second kappa shape index (κ2) is 9.08. The molecule has 0 aliphatic carbocycles. The second-order valence-electron chi connectivity index (χ2n) is 5.96. The van der Waals surface area contributed by atoms with E-state index in [0.717, 1.165) is 17.4 Å². The number of thiazole rings is 1. The summed E-state index contributed by atoms with van der Waals surface area (Å²) in [6, 6.07) is 4.67. The maximum atomic E-state index is 14.5. The number of nitrogens with zero attached hydrogens (tertiary/aromatic N) is 1. The lowest BCUT2D eigenvalue weighted by Crippen LogP contribution is -2.32. The molecular weight excluding hydrogens is 445 g/mol. The van der Waals surface area contributed by atoms with Gasteiger partial charge in [0.15, 0.2) is 16.7 Å². The van der Waals surface area contributed by atoms with Gasteiger partial charge in [0, 0.05) is 35.8 Å². The largest absolute Gasteiger partial charge is 0.483 e. The summed E-state index contributed by atoms with van der Waals surface area (Å²) in [4.78, 5) is 15.9. The Balaban J connectivity index is 1.84. The minimum absolute atomic E-state index is 0.0795. The Morgan fingerprint density at radius 2 is 2.07 bits per heavy atom. The molecule has 0 aliphatic rings. The summed E-state index contributed by atoms with van der Waals surface area (Å²) in [5, 5.41) is 5.41. The van der Waals surface area contributed by atoms with Gasteiger partial charge in [-0.15, -0.1) is 0 Å². The molecule has 0 aliphatic heterocycles. The maximum absolute atomic E-state index is 14.5. The molecule has 3 aromatic rings. The number of halogens is 4. The van der Waals surface area contributed by atoms with E-state index in [0.29, 0.717) is 23.3 Å². The molecule has 0 fully saturated rings. The number of amides is 2. The maximum Gasteiger partial charge on any atom is 0.321 e. The van der Waals surface area contributed by atoms with Crippen molar-refractivity contribution < 1.29 is 18.3 Å². The molecule has 3 rings (SSSR count). The van der Waals surface area contributed by atoms with Crippen LogP contribution in [-0.2, 0) is 0 Å². The van der Waals surface area contributed by atoms with Crippen LogP contribution in [0.5, 0.6) is 5.75 Å². The highest BCUT2D eigenvalue weighted by Gasteiger charge is 2.21. The van der Waals surface area contributed by atoms with E-state index in [4.69, 9.17) is 33.7 Å². The molecule has 11 heteroatoms. The Kier molecular flexibility index (Phi) is 6.74. The van der Waals surface area contributed by atoms with Gasteiger partial charge in [-0.05, 0) is 19.1 Å². The van der Waals surface area contributed by atoms with Gasteiger partial charge in [-0.1, -0.05) is 34.5 Å². The summed E-state index contributed by atoms with van der Waals surface area (Å²) >= 11 is 13.2. The van der Waals surface area contributed by atoms with Gasteiger partial charge >= 0.3 is 6.03 Å². The third kappa shape index (κ3) is 4.87. The quantitative estimate of drug-likeness (QED) is 0.446. The van der Waals surface area contributed by atoms with Gasteiger partial charge in [0.2, 0.25) is 0 Å². The lowest BCUT2D eigenvalue weighted by atomic mass is 10.1. The van der Waals surface area contributed by atoms with E-state index < -0.39 is 23.8 Å². The number of nitrogens with one attached hydrogen (secondary N) is 2. The van der Waals surface area contributed by atoms with E-state index in [1.165, 1.54) is 18.2 Å². The van der Waals surface area contributed by atoms with Gasteiger partial charge in [-0.2, -0.15) is 0 Å². The molecule has 0 bridgehead atoms. The fourth-order valence-corrected chi connectivity index (χ4v) is 4.11. The predicted octanol–water partition coefficient (Wildman–Crippen LogP) is 5.10. The Morgan fingerprint density at radius 1 is 1.31 bits per heavy atom. The first-order valence-electron chi connectivity index (χ1n) is 8.45. The average Bonchev–Trinajstić information content (AvgIpc) is 3.04. The zero-order valence-electron chi connectivity index (χ0n) is 15.1. The summed E-state index contributed by atoms with van der Waals surface area (Å²) in [6.07, 6.45) is -0.815. The first-order chi connectivity index (χ1) is 13.8. The molecule has 1 unspecified atom stereocenters. The van der Waals surface area contributed by atoms with Crippen molar-refractivity contribution in [2.24, 2.45) is 5.73 Å². The number of nitrogens with two attached hydrogens (primary N) is 1. The van der Waals surface area contributed by atoms with Crippen molar-refractivity contribution in [3.8, 4) is 5.75 Å². The van der Waals surface area contributed by atoms with Crippen LogP contribution in [0.3, 0.4) is 0 Å². The molecule has 154 valence electrons. The van der Waals surface area contributed by atoms with Gasteiger partial charge in [-0.25, -0.2) is 18.6 Å². The van der Waals surface area contributed by atoms with E-state index in [2.05, 4.69) is 15.6 Å². The molecule has 1 heterocycles. The Bertz CT molecular complexity index is 1060. The highest BCUT2D eigenvalue weighted by molar-refractivity contribution is 7.22. The molecule has 2 amide bonds. The van der Waals surface area contributed by atoms with Crippen LogP contribution in [0.2, 0.25) is 10.0 Å². The number of benzene rings is 2. The number of hydrogen-bond donors (Lipinski definition) is 3. The minimum atomic E-state index is -0.815. The van der Waals surface area contributed by atoms with Crippen molar-refractivity contribution in [3.63, 3.8) is 0 Å². The van der Waals surface area contributed by atoms with Gasteiger partial charge in [0.05, 0.1) is 15.2 Å². The molecule has 1 atom stereocenters. The van der Waals surface area contributed by atoms with Gasteiger partial charge in [0.1, 0.15) is 11.9 Å². The summed E-state index contributed by atoms with van der Waals surface area (Å²) in [5.41, 5.74) is 5.89. The molecule has 0 saturated carbocycles. The normalized spacial score (nSPS) is 12.1. The molecule has 2 aromatic carbocycles. The van der Waals surface area contributed by atoms with Crippen LogP contribution in [0, 0.1) is 11.6 Å². The van der Waals surface area contributed by atoms with Crippen molar-refractivity contribution in [1.29, 1.82) is 0 Å². The molecule has 6 nitrogen and oxygen atoms in total. The Hall–Kier alpha value is -2.20. The smallest absolute Gasteiger partial charge is 0.321 e. The fraction of sp³-hybridized carbons (Fsp3) is 0.222. The van der Waals surface area contributed by atoms with Crippen molar-refractivity contribution >= 4 is 55.9 Å². The van der Waals surface area contributed by atoms with Crippen molar-refractivity contribution in [2.45, 2.75) is 13.0 Å². The number of rotatable bonds is 6. The summed E-state index contributed by atoms with van der Waals surface area (Å²) in [7, 11) is 0. The zero-order chi connectivity index (χ0) is 21.1. The van der Waals surface area contributed by atoms with Crippen LogP contribution in [-0.4, -0.2) is 24.1 Å². The first-order valence-corrected chi connectivity index (χ1v) is 10.0. The SMILES string of the molecule is CC(Oc1cc2sc(NC(=O)NCCN)nc2cc1F)c1c(Cl)ccc(F)c1Cl. The fourth-order valence-electron chi connectivity index (χ4n) is 2.57. The predicted molar refractivity (Wildman–Crippen MR) is 111 cm³/mol. The van der Waals surface area contributed by atoms with Crippen molar-refractivity contribution in [3.05, 3.63) is 51.5 Å². The lowest BCUT2D eigenvalue weighted by Gasteiger charge is -2.18. The van der Waals surface area contributed by atoms with Gasteiger partial charge in [0.25, 0.3) is 0 Å². The molecule has 0 radical (unpaired) electrons. The van der Waals surface area contributed by atoms with Crippen LogP contribution in [0.25, 0.3) is 10.2 Å². The number of anilines is 1. The zero-order valence-corrected chi connectivity index (χ0v) is 17.4. The van der Waals surface area contributed by atoms with Crippen molar-refractivity contribution in [1.82, 2.24) is 10.3 Å². The summed E-state index contributed by atoms with van der Waals surface area (Å²) in [6.45, 7) is 2.20. The molecule has 4 N–H and O–H groups in total. The third-order valence-corrected chi connectivity index (χ3v) is 5.53. The van der Waals surface area contributed by atoms with E-state index in [-0.39, 0.29) is 26.5 Å². The number of ether oxygens (including phenoxy) is 1. The van der Waals surface area contributed by atoms with Crippen LogP contribution in [0.4, 0.5) is 18.7 Å². The number of carbonyl (C=O) groups is 1. The highest BCUT2D eigenvalue weighted by atomic mass is 35.5. The van der Waals surface area contributed by atoms with Crippen LogP contribution in [0.15, 0.2) is 24.3 Å². The number of urea groups is 1. The first kappa shape index (κ1) is 21.5. The second-order valence-corrected chi connectivity index (χ2v) is 7.77. The Labute approximate surface area is 179 Å². The van der Waals surface area contributed by atoms with Gasteiger partial charge < -0.3 is 15.8 Å². The third-order valence-electron chi connectivity index (χ3n) is 3.88. The Morgan fingerprint density at radius 3 is 2.79 bits per heavy atom. The standard InChI is InChI=1S/C18H16Cl2F2N4O2S/c1-8(15-9(19)2-3-10(21)16(15)20)28-13-7-14-12(6-11(13)22)25-18(29-14)26-17(27)24-5-4-23/h2-3,6-8H,4-5,23H2,1H3,(H2,24,25,26,27). The van der Waals surface area contributed by atoms with Crippen LogP contribution >= 0.6 is 34.5 Å². The van der Waals surface area contributed by atoms with E-state index in [9.17, 15) is 13.6 Å². The average molecular weight is 461 g/mol. The van der Waals surface area contributed by atoms with E-state index in [1.54, 1.807) is 6.92 Å². The van der Waals surface area contributed by atoms with Crippen molar-refractivity contribution in [2.75, 3.05) is 18.4 Å². The minimum Gasteiger partial charge on any atom is -0.483 e. The molecule has 1 aromatic heterocycles. The number of fused-ring (bicyclic) bond motifs is 1. The number of aromatic nitrogens is 1. The van der Waals surface area contributed by atoms with Crippen LogP contribution < -0.4 is 21.1 Å². The number of carbonyl (C=O) groups excluding carboxylic acids is 1. The van der Waals surface area contributed by atoms with E-state index in [1.807, 2.05) is 0 Å². The summed E-state index contributed by atoms with van der Waals surface area (Å²) in [5.74, 6) is -1.40. The molecule has 0 spiro atoms. The molecule has 29 heavy (non-hydrogen) atoms. The lowest BCUT2D eigenvalue weighted by molar-refractivity contribution is 0.216. The van der Waals surface area contributed by atoms with Crippen LogP contribution in [0.1, 0.15) is 18.6 Å². The number of hydrogen-bond acceptors (Lipinski definition) is 5. The topological polar surface area (TPSA) is 89.3 Å². The summed E-state index contributed by atoms with van der Waals surface area (Å²) < 4.78 is 34.5.